The standard InChI is InChI=1S/C14H15N3O3/c1-3-20-14-11(5-4-8-15-14)13(18)17-10-6-7-12(19-2)16-9-10/h4-9H,3H2,1-2H3,(H,17,18). The molecule has 20 heavy (non-hydrogen) atoms. The Kier molecular flexibility index (Phi) is 4.49. The first-order valence-corrected chi connectivity index (χ1v) is 6.13. The summed E-state index contributed by atoms with van der Waals surface area (Å²) in [5.41, 5.74) is 0.951. The highest BCUT2D eigenvalue weighted by molar-refractivity contribution is 6.05. The molecule has 0 spiro atoms. The van der Waals surface area contributed by atoms with Gasteiger partial charge in [-0.2, -0.15) is 0 Å². The zero-order valence-electron chi connectivity index (χ0n) is 11.3. The average molecular weight is 273 g/mol. The van der Waals surface area contributed by atoms with E-state index in [1.54, 1.807) is 30.5 Å². The topological polar surface area (TPSA) is 73.3 Å². The van der Waals surface area contributed by atoms with Crippen molar-refractivity contribution in [2.75, 3.05) is 19.0 Å². The molecule has 2 aromatic rings. The SMILES string of the molecule is CCOc1ncccc1C(=O)Nc1ccc(OC)nc1. The van der Waals surface area contributed by atoms with Crippen LogP contribution in [0.4, 0.5) is 5.69 Å². The maximum atomic E-state index is 12.2. The Morgan fingerprint density at radius 3 is 2.80 bits per heavy atom. The molecular weight excluding hydrogens is 258 g/mol. The Morgan fingerprint density at radius 2 is 2.15 bits per heavy atom. The lowest BCUT2D eigenvalue weighted by Gasteiger charge is -2.09. The summed E-state index contributed by atoms with van der Waals surface area (Å²) in [4.78, 5) is 20.2. The molecule has 2 aromatic heterocycles. The highest BCUT2D eigenvalue weighted by Gasteiger charge is 2.13. The summed E-state index contributed by atoms with van der Waals surface area (Å²) in [5, 5.41) is 2.73. The number of aromatic nitrogens is 2. The number of nitrogens with zero attached hydrogens (tertiary/aromatic N) is 2. The van der Waals surface area contributed by atoms with Gasteiger partial charge in [0.2, 0.25) is 11.8 Å². The molecule has 0 fully saturated rings. The van der Waals surface area contributed by atoms with Crippen molar-refractivity contribution in [1.29, 1.82) is 0 Å². The van der Waals surface area contributed by atoms with Crippen molar-refractivity contribution in [3.8, 4) is 11.8 Å². The molecule has 6 nitrogen and oxygen atoms in total. The summed E-state index contributed by atoms with van der Waals surface area (Å²) >= 11 is 0. The Morgan fingerprint density at radius 1 is 1.30 bits per heavy atom. The van der Waals surface area contributed by atoms with Gasteiger partial charge in [0.15, 0.2) is 0 Å². The predicted molar refractivity (Wildman–Crippen MR) is 74.1 cm³/mol. The van der Waals surface area contributed by atoms with E-state index >= 15 is 0 Å². The number of methoxy groups -OCH3 is 1. The second-order valence-corrected chi connectivity index (χ2v) is 3.83. The van der Waals surface area contributed by atoms with Crippen LogP contribution in [0.15, 0.2) is 36.7 Å². The van der Waals surface area contributed by atoms with Gasteiger partial charge in [-0.25, -0.2) is 9.97 Å². The molecule has 0 unspecified atom stereocenters. The van der Waals surface area contributed by atoms with Crippen LogP contribution in [0, 0.1) is 0 Å². The Labute approximate surface area is 116 Å². The second kappa shape index (κ2) is 6.51. The number of rotatable bonds is 5. The Balaban J connectivity index is 2.15. The van der Waals surface area contributed by atoms with E-state index in [1.165, 1.54) is 13.3 Å². The van der Waals surface area contributed by atoms with Crippen molar-refractivity contribution in [3.05, 3.63) is 42.2 Å². The smallest absolute Gasteiger partial charge is 0.261 e. The molecule has 1 amide bonds. The summed E-state index contributed by atoms with van der Waals surface area (Å²) in [6.45, 7) is 2.28. The number of carbonyl (C=O) groups excluding carboxylic acids is 1. The number of carbonyl (C=O) groups is 1. The van der Waals surface area contributed by atoms with E-state index in [9.17, 15) is 4.79 Å². The first-order chi connectivity index (χ1) is 9.74. The van der Waals surface area contributed by atoms with Crippen molar-refractivity contribution in [1.82, 2.24) is 9.97 Å². The molecule has 104 valence electrons. The highest BCUT2D eigenvalue weighted by atomic mass is 16.5. The van der Waals surface area contributed by atoms with Crippen LogP contribution in [-0.2, 0) is 0 Å². The molecule has 0 atom stereocenters. The molecule has 2 heterocycles. The molecule has 1 N–H and O–H groups in total. The van der Waals surface area contributed by atoms with Crippen molar-refractivity contribution in [2.45, 2.75) is 6.92 Å². The quantitative estimate of drug-likeness (QED) is 0.903. The van der Waals surface area contributed by atoms with Gasteiger partial charge >= 0.3 is 0 Å². The fourth-order valence-corrected chi connectivity index (χ4v) is 1.59. The normalized spacial score (nSPS) is 9.90. The number of hydrogen-bond donors (Lipinski definition) is 1. The zero-order chi connectivity index (χ0) is 14.4. The summed E-state index contributed by atoms with van der Waals surface area (Å²) < 4.78 is 10.3. The number of hydrogen-bond acceptors (Lipinski definition) is 5. The Bertz CT molecular complexity index is 584. The molecule has 2 rings (SSSR count). The van der Waals surface area contributed by atoms with Gasteiger partial charge in [-0.1, -0.05) is 0 Å². The van der Waals surface area contributed by atoms with E-state index in [2.05, 4.69) is 15.3 Å². The van der Waals surface area contributed by atoms with Crippen molar-refractivity contribution in [3.63, 3.8) is 0 Å². The van der Waals surface area contributed by atoms with E-state index in [4.69, 9.17) is 9.47 Å². The van der Waals surface area contributed by atoms with Crippen LogP contribution >= 0.6 is 0 Å². The van der Waals surface area contributed by atoms with Gasteiger partial charge in [0, 0.05) is 12.3 Å². The van der Waals surface area contributed by atoms with Crippen LogP contribution in [-0.4, -0.2) is 29.6 Å². The van der Waals surface area contributed by atoms with E-state index in [-0.39, 0.29) is 5.91 Å². The molecule has 0 saturated carbocycles. The van der Waals surface area contributed by atoms with Gasteiger partial charge in [0.05, 0.1) is 25.6 Å². The molecule has 0 bridgehead atoms. The number of nitrogens with one attached hydrogen (secondary N) is 1. The molecular formula is C14H15N3O3. The lowest BCUT2D eigenvalue weighted by molar-refractivity contribution is 0.102. The number of anilines is 1. The summed E-state index contributed by atoms with van der Waals surface area (Å²) in [6.07, 6.45) is 3.10. The minimum Gasteiger partial charge on any atom is -0.481 e. The zero-order valence-corrected chi connectivity index (χ0v) is 11.3. The minimum absolute atomic E-state index is 0.298. The molecule has 0 aliphatic heterocycles. The molecule has 0 aliphatic carbocycles. The lowest BCUT2D eigenvalue weighted by Crippen LogP contribution is -2.14. The third-order valence-electron chi connectivity index (χ3n) is 2.50. The molecule has 6 heteroatoms. The number of pyridine rings is 2. The third-order valence-corrected chi connectivity index (χ3v) is 2.50. The van der Waals surface area contributed by atoms with Crippen molar-refractivity contribution in [2.24, 2.45) is 0 Å². The largest absolute Gasteiger partial charge is 0.481 e. The van der Waals surface area contributed by atoms with Gasteiger partial charge in [0.1, 0.15) is 5.56 Å². The van der Waals surface area contributed by atoms with Gasteiger partial charge in [-0.05, 0) is 25.1 Å². The molecule has 0 radical (unpaired) electrons. The summed E-state index contributed by atoms with van der Waals surface area (Å²) in [7, 11) is 1.53. The monoisotopic (exact) mass is 273 g/mol. The van der Waals surface area contributed by atoms with Crippen LogP contribution in [0.3, 0.4) is 0 Å². The minimum atomic E-state index is -0.298. The van der Waals surface area contributed by atoms with Gasteiger partial charge in [-0.15, -0.1) is 0 Å². The maximum absolute atomic E-state index is 12.2. The van der Waals surface area contributed by atoms with Gasteiger partial charge in [0.25, 0.3) is 5.91 Å². The van der Waals surface area contributed by atoms with Crippen LogP contribution in [0.1, 0.15) is 17.3 Å². The predicted octanol–water partition coefficient (Wildman–Crippen LogP) is 2.14. The van der Waals surface area contributed by atoms with Crippen LogP contribution in [0.5, 0.6) is 11.8 Å². The second-order valence-electron chi connectivity index (χ2n) is 3.83. The van der Waals surface area contributed by atoms with Crippen molar-refractivity contribution < 1.29 is 14.3 Å². The maximum Gasteiger partial charge on any atom is 0.261 e. The highest BCUT2D eigenvalue weighted by Crippen LogP contribution is 2.17. The number of amides is 1. The van der Waals surface area contributed by atoms with Gasteiger partial charge < -0.3 is 14.8 Å². The average Bonchev–Trinajstić information content (AvgIpc) is 2.49. The van der Waals surface area contributed by atoms with E-state index in [0.29, 0.717) is 29.6 Å². The first kappa shape index (κ1) is 13.8. The Hall–Kier alpha value is -2.63. The third kappa shape index (κ3) is 3.23. The van der Waals surface area contributed by atoms with Crippen LogP contribution in [0.25, 0.3) is 0 Å². The summed E-state index contributed by atoms with van der Waals surface area (Å²) in [5.74, 6) is 0.502. The molecule has 0 saturated heterocycles. The first-order valence-electron chi connectivity index (χ1n) is 6.13. The van der Waals surface area contributed by atoms with Crippen LogP contribution < -0.4 is 14.8 Å². The fraction of sp³-hybridized carbons (Fsp3) is 0.214. The van der Waals surface area contributed by atoms with Gasteiger partial charge in [-0.3, -0.25) is 4.79 Å². The van der Waals surface area contributed by atoms with E-state index in [1.807, 2.05) is 6.92 Å². The van der Waals surface area contributed by atoms with E-state index < -0.39 is 0 Å². The molecule has 0 aliphatic rings. The summed E-state index contributed by atoms with van der Waals surface area (Å²) in [6, 6.07) is 6.72. The number of ether oxygens (including phenoxy) is 2. The fourth-order valence-electron chi connectivity index (χ4n) is 1.59. The molecule has 0 aromatic carbocycles. The van der Waals surface area contributed by atoms with Crippen molar-refractivity contribution >= 4 is 11.6 Å². The lowest BCUT2D eigenvalue weighted by atomic mass is 10.2. The van der Waals surface area contributed by atoms with Crippen LogP contribution in [0.2, 0.25) is 0 Å². The van der Waals surface area contributed by atoms with E-state index in [0.717, 1.165) is 0 Å².